The zero-order valence-electron chi connectivity index (χ0n) is 11.5. The molecule has 0 saturated carbocycles. The molecule has 0 N–H and O–H groups in total. The normalized spacial score (nSPS) is 11.5. The minimum Gasteiger partial charge on any atom is -0.328 e. The molecule has 0 aliphatic heterocycles. The number of amides is 1. The van der Waals surface area contributed by atoms with Crippen molar-refractivity contribution in [3.05, 3.63) is 41.2 Å². The molecule has 0 aliphatic rings. The van der Waals surface area contributed by atoms with Gasteiger partial charge in [0.15, 0.2) is 0 Å². The summed E-state index contributed by atoms with van der Waals surface area (Å²) in [6.07, 6.45) is -4.46. The number of halogens is 4. The lowest BCUT2D eigenvalue weighted by Crippen LogP contribution is -2.38. The summed E-state index contributed by atoms with van der Waals surface area (Å²) in [6.45, 7) is 0.0877. The van der Waals surface area contributed by atoms with E-state index in [2.05, 4.69) is 4.98 Å². The number of aromatic nitrogens is 1. The Hall–Kier alpha value is -1.96. The molecule has 2 rings (SSSR count). The van der Waals surface area contributed by atoms with Crippen molar-refractivity contribution in [1.82, 2.24) is 9.88 Å². The van der Waals surface area contributed by atoms with Gasteiger partial charge in [0.05, 0.1) is 0 Å². The van der Waals surface area contributed by atoms with Crippen LogP contribution < -0.4 is 0 Å². The molecule has 8 heteroatoms. The molecule has 22 heavy (non-hydrogen) atoms. The van der Waals surface area contributed by atoms with Crippen molar-refractivity contribution in [1.29, 1.82) is 0 Å². The molecule has 1 aromatic heterocycles. The monoisotopic (exact) mass is 332 g/mol. The fourth-order valence-corrected chi connectivity index (χ4v) is 2.60. The van der Waals surface area contributed by atoms with Gasteiger partial charge in [-0.1, -0.05) is 0 Å². The molecule has 0 unspecified atom stereocenters. The number of carbonyl (C=O) groups is 1. The van der Waals surface area contributed by atoms with Crippen LogP contribution in [0, 0.1) is 5.82 Å². The number of hydrogen-bond donors (Lipinski definition) is 0. The highest BCUT2D eigenvalue weighted by Gasteiger charge is 2.33. The molecule has 2 aromatic rings. The summed E-state index contributed by atoms with van der Waals surface area (Å²) in [5.74, 6) is -1.18. The third-order valence-corrected chi connectivity index (χ3v) is 3.74. The quantitative estimate of drug-likeness (QED) is 0.794. The van der Waals surface area contributed by atoms with E-state index in [0.29, 0.717) is 15.5 Å². The third kappa shape index (κ3) is 4.03. The molecule has 118 valence electrons. The van der Waals surface area contributed by atoms with Crippen LogP contribution in [-0.4, -0.2) is 35.1 Å². The van der Waals surface area contributed by atoms with Gasteiger partial charge >= 0.3 is 6.18 Å². The number of alkyl halides is 3. The van der Waals surface area contributed by atoms with Crippen molar-refractivity contribution >= 4 is 17.2 Å². The molecule has 1 heterocycles. The van der Waals surface area contributed by atoms with Crippen LogP contribution in [0.1, 0.15) is 17.4 Å². The van der Waals surface area contributed by atoms with E-state index in [1.54, 1.807) is 0 Å². The Kier molecular flexibility index (Phi) is 4.80. The Bertz CT molecular complexity index is 652. The second-order valence-electron chi connectivity index (χ2n) is 4.48. The Morgan fingerprint density at radius 2 is 1.91 bits per heavy atom. The van der Waals surface area contributed by atoms with E-state index in [0.717, 1.165) is 11.3 Å². The maximum absolute atomic E-state index is 12.9. The molecular formula is C14H12F4N2OS. The molecule has 3 nitrogen and oxygen atoms in total. The standard InChI is InChI=1S/C14H12F4N2OS/c1-2-20(8-14(16,17)18)13(21)11-7-22-12(19-11)9-3-5-10(15)6-4-9/h3-7H,2,8H2,1H3. The van der Waals surface area contributed by atoms with E-state index in [9.17, 15) is 22.4 Å². The average Bonchev–Trinajstić information content (AvgIpc) is 2.93. The van der Waals surface area contributed by atoms with Crippen LogP contribution in [0.2, 0.25) is 0 Å². The van der Waals surface area contributed by atoms with Crippen LogP contribution in [0.5, 0.6) is 0 Å². The maximum atomic E-state index is 12.9. The summed E-state index contributed by atoms with van der Waals surface area (Å²) in [6, 6.07) is 5.49. The highest BCUT2D eigenvalue weighted by Crippen LogP contribution is 2.25. The van der Waals surface area contributed by atoms with Crippen LogP contribution in [-0.2, 0) is 0 Å². The van der Waals surface area contributed by atoms with Gasteiger partial charge in [0, 0.05) is 17.5 Å². The van der Waals surface area contributed by atoms with Crippen molar-refractivity contribution in [3.8, 4) is 10.6 Å². The van der Waals surface area contributed by atoms with E-state index in [-0.39, 0.29) is 12.2 Å². The van der Waals surface area contributed by atoms with Gasteiger partial charge in [-0.2, -0.15) is 13.2 Å². The summed E-state index contributed by atoms with van der Waals surface area (Å²) in [5, 5.41) is 1.85. The van der Waals surface area contributed by atoms with Gasteiger partial charge in [0.25, 0.3) is 5.91 Å². The molecule has 1 amide bonds. The lowest BCUT2D eigenvalue weighted by atomic mass is 10.2. The number of rotatable bonds is 4. The smallest absolute Gasteiger partial charge is 0.328 e. The van der Waals surface area contributed by atoms with Gasteiger partial charge in [0.2, 0.25) is 0 Å². The largest absolute Gasteiger partial charge is 0.406 e. The first-order valence-corrected chi connectivity index (χ1v) is 7.25. The molecule has 0 radical (unpaired) electrons. The van der Waals surface area contributed by atoms with Crippen LogP contribution in [0.25, 0.3) is 10.6 Å². The van der Waals surface area contributed by atoms with Crippen LogP contribution in [0.4, 0.5) is 17.6 Å². The first kappa shape index (κ1) is 16.4. The SMILES string of the molecule is CCN(CC(F)(F)F)C(=O)c1csc(-c2ccc(F)cc2)n1. The van der Waals surface area contributed by atoms with E-state index < -0.39 is 24.4 Å². The number of nitrogens with zero attached hydrogens (tertiary/aromatic N) is 2. The molecule has 0 spiro atoms. The van der Waals surface area contributed by atoms with Gasteiger partial charge in [-0.3, -0.25) is 4.79 Å². The van der Waals surface area contributed by atoms with Gasteiger partial charge in [-0.25, -0.2) is 9.37 Å². The summed E-state index contributed by atoms with van der Waals surface area (Å²) < 4.78 is 50.1. The predicted molar refractivity (Wildman–Crippen MR) is 75.1 cm³/mol. The predicted octanol–water partition coefficient (Wildman–Crippen LogP) is 3.97. The highest BCUT2D eigenvalue weighted by molar-refractivity contribution is 7.13. The average molecular weight is 332 g/mol. The van der Waals surface area contributed by atoms with Crippen molar-refractivity contribution in [3.63, 3.8) is 0 Å². The second-order valence-corrected chi connectivity index (χ2v) is 5.34. The molecule has 0 atom stereocenters. The third-order valence-electron chi connectivity index (χ3n) is 2.85. The summed E-state index contributed by atoms with van der Waals surface area (Å²) in [5.41, 5.74) is 0.555. The lowest BCUT2D eigenvalue weighted by molar-refractivity contribution is -0.140. The first-order chi connectivity index (χ1) is 10.3. The van der Waals surface area contributed by atoms with E-state index in [1.165, 1.54) is 36.6 Å². The van der Waals surface area contributed by atoms with Gasteiger partial charge in [-0.05, 0) is 31.2 Å². The molecule has 0 fully saturated rings. The van der Waals surface area contributed by atoms with Crippen molar-refractivity contribution < 1.29 is 22.4 Å². The zero-order chi connectivity index (χ0) is 16.3. The van der Waals surface area contributed by atoms with Crippen LogP contribution in [0.3, 0.4) is 0 Å². The number of benzene rings is 1. The molecular weight excluding hydrogens is 320 g/mol. The zero-order valence-corrected chi connectivity index (χ0v) is 12.3. The lowest BCUT2D eigenvalue weighted by Gasteiger charge is -2.21. The fourth-order valence-electron chi connectivity index (χ4n) is 1.80. The Balaban J connectivity index is 2.19. The van der Waals surface area contributed by atoms with Gasteiger partial charge in [0.1, 0.15) is 23.1 Å². The van der Waals surface area contributed by atoms with Gasteiger partial charge in [-0.15, -0.1) is 11.3 Å². The van der Waals surface area contributed by atoms with Crippen LogP contribution in [0.15, 0.2) is 29.6 Å². The molecule has 0 aliphatic carbocycles. The van der Waals surface area contributed by atoms with E-state index in [4.69, 9.17) is 0 Å². The Labute approximate surface area is 128 Å². The van der Waals surface area contributed by atoms with Crippen molar-refractivity contribution in [2.24, 2.45) is 0 Å². The number of thiazole rings is 1. The minimum absolute atomic E-state index is 0.0459. The Morgan fingerprint density at radius 3 is 2.45 bits per heavy atom. The number of hydrogen-bond acceptors (Lipinski definition) is 3. The maximum Gasteiger partial charge on any atom is 0.406 e. The molecule has 0 bridgehead atoms. The highest BCUT2D eigenvalue weighted by atomic mass is 32.1. The van der Waals surface area contributed by atoms with E-state index in [1.807, 2.05) is 0 Å². The minimum atomic E-state index is -4.46. The molecule has 1 aromatic carbocycles. The first-order valence-electron chi connectivity index (χ1n) is 6.37. The summed E-state index contributed by atoms with van der Waals surface area (Å²) >= 11 is 1.12. The van der Waals surface area contributed by atoms with E-state index >= 15 is 0 Å². The van der Waals surface area contributed by atoms with Gasteiger partial charge < -0.3 is 4.90 Å². The summed E-state index contributed by atoms with van der Waals surface area (Å²) in [4.78, 5) is 16.8. The fraction of sp³-hybridized carbons (Fsp3) is 0.286. The Morgan fingerprint density at radius 1 is 1.27 bits per heavy atom. The van der Waals surface area contributed by atoms with Crippen molar-refractivity contribution in [2.45, 2.75) is 13.1 Å². The number of carbonyl (C=O) groups excluding carboxylic acids is 1. The molecule has 0 saturated heterocycles. The van der Waals surface area contributed by atoms with Crippen LogP contribution >= 0.6 is 11.3 Å². The van der Waals surface area contributed by atoms with Crippen molar-refractivity contribution in [2.75, 3.05) is 13.1 Å². The second kappa shape index (κ2) is 6.43. The summed E-state index contributed by atoms with van der Waals surface area (Å²) in [7, 11) is 0. The topological polar surface area (TPSA) is 33.2 Å².